The molecule has 2 heterocycles. The van der Waals surface area contributed by atoms with Gasteiger partial charge in [-0.1, -0.05) is 0 Å². The van der Waals surface area contributed by atoms with Crippen LogP contribution in [-0.4, -0.2) is 30.2 Å². The van der Waals surface area contributed by atoms with E-state index in [0.717, 1.165) is 30.8 Å². The molecule has 0 atom stereocenters. The molecule has 0 spiro atoms. The maximum atomic E-state index is 11.1. The molecule has 5 heteroatoms. The minimum Gasteiger partial charge on any atom is -0.408 e. The molecule has 1 saturated heterocycles. The molecule has 5 nitrogen and oxygen atoms in total. The standard InChI is InChI=1S/C13H17N3O2/c1-13(2)8-16(6-5-14-13)9-3-4-10-11(7-9)18-12(17)15-10/h3-4,7,14H,5-6,8H2,1-2H3,(H,15,17). The molecule has 3 rings (SSSR count). The van der Waals surface area contributed by atoms with Gasteiger partial charge in [0.2, 0.25) is 0 Å². The number of aromatic nitrogens is 1. The molecule has 2 aromatic rings. The summed E-state index contributed by atoms with van der Waals surface area (Å²) < 4.78 is 5.10. The molecule has 0 amide bonds. The van der Waals surface area contributed by atoms with Gasteiger partial charge in [0.15, 0.2) is 5.58 Å². The van der Waals surface area contributed by atoms with Gasteiger partial charge >= 0.3 is 5.76 Å². The average Bonchev–Trinajstić information content (AvgIpc) is 2.66. The van der Waals surface area contributed by atoms with Gasteiger partial charge in [-0.25, -0.2) is 4.79 Å². The number of piperazine rings is 1. The quantitative estimate of drug-likeness (QED) is 0.797. The van der Waals surface area contributed by atoms with E-state index in [1.54, 1.807) is 0 Å². The number of benzene rings is 1. The Kier molecular flexibility index (Phi) is 2.45. The first kappa shape index (κ1) is 11.3. The molecule has 0 saturated carbocycles. The smallest absolute Gasteiger partial charge is 0.408 e. The van der Waals surface area contributed by atoms with Crippen molar-refractivity contribution >= 4 is 16.8 Å². The molecule has 18 heavy (non-hydrogen) atoms. The Labute approximate surface area is 105 Å². The predicted octanol–water partition coefficient (Wildman–Crippen LogP) is 1.31. The highest BCUT2D eigenvalue weighted by Crippen LogP contribution is 2.23. The summed E-state index contributed by atoms with van der Waals surface area (Å²) in [6, 6.07) is 5.84. The van der Waals surface area contributed by atoms with Crippen molar-refractivity contribution in [2.24, 2.45) is 0 Å². The normalized spacial score (nSPS) is 19.3. The fraction of sp³-hybridized carbons (Fsp3) is 0.462. The van der Waals surface area contributed by atoms with Crippen molar-refractivity contribution in [1.82, 2.24) is 10.3 Å². The van der Waals surface area contributed by atoms with E-state index in [0.29, 0.717) is 5.58 Å². The summed E-state index contributed by atoms with van der Waals surface area (Å²) in [5.41, 5.74) is 2.57. The zero-order chi connectivity index (χ0) is 12.8. The molecule has 2 N–H and O–H groups in total. The number of rotatable bonds is 1. The summed E-state index contributed by atoms with van der Waals surface area (Å²) in [6.45, 7) is 7.24. The third-order valence-electron chi connectivity index (χ3n) is 3.34. The molecule has 1 aliphatic heterocycles. The van der Waals surface area contributed by atoms with E-state index in [1.807, 2.05) is 18.2 Å². The van der Waals surface area contributed by atoms with Crippen LogP contribution in [0.4, 0.5) is 5.69 Å². The Bertz CT molecular complexity index is 626. The van der Waals surface area contributed by atoms with E-state index in [9.17, 15) is 4.79 Å². The molecule has 1 aliphatic rings. The molecule has 1 fully saturated rings. The molecule has 1 aromatic carbocycles. The number of nitrogens with zero attached hydrogens (tertiary/aromatic N) is 1. The van der Waals surface area contributed by atoms with Crippen LogP contribution in [0.25, 0.3) is 11.1 Å². The Hall–Kier alpha value is -1.75. The van der Waals surface area contributed by atoms with E-state index in [2.05, 4.69) is 29.0 Å². The number of H-pyrrole nitrogens is 1. The SMILES string of the molecule is CC1(C)CN(c2ccc3[nH]c(=O)oc3c2)CCN1. The number of anilines is 1. The zero-order valence-corrected chi connectivity index (χ0v) is 10.6. The Morgan fingerprint density at radius 3 is 3.00 bits per heavy atom. The Balaban J connectivity index is 1.96. The average molecular weight is 247 g/mol. The van der Waals surface area contributed by atoms with E-state index >= 15 is 0 Å². The lowest BCUT2D eigenvalue weighted by Crippen LogP contribution is -2.57. The number of nitrogens with one attached hydrogen (secondary N) is 2. The van der Waals surface area contributed by atoms with E-state index in [4.69, 9.17) is 4.42 Å². The highest BCUT2D eigenvalue weighted by Gasteiger charge is 2.25. The molecular formula is C13H17N3O2. The highest BCUT2D eigenvalue weighted by molar-refractivity contribution is 5.77. The third-order valence-corrected chi connectivity index (χ3v) is 3.34. The van der Waals surface area contributed by atoms with Gasteiger partial charge in [0.1, 0.15) is 0 Å². The highest BCUT2D eigenvalue weighted by atomic mass is 16.4. The lowest BCUT2D eigenvalue weighted by atomic mass is 10.0. The Morgan fingerprint density at radius 1 is 1.39 bits per heavy atom. The summed E-state index contributed by atoms with van der Waals surface area (Å²) in [6.07, 6.45) is 0. The minimum absolute atomic E-state index is 0.103. The summed E-state index contributed by atoms with van der Waals surface area (Å²) in [5, 5.41) is 3.48. The number of aromatic amines is 1. The van der Waals surface area contributed by atoms with Crippen LogP contribution in [0.3, 0.4) is 0 Å². The van der Waals surface area contributed by atoms with Crippen LogP contribution < -0.4 is 16.0 Å². The van der Waals surface area contributed by atoms with Crippen LogP contribution in [0.15, 0.2) is 27.4 Å². The first-order valence-corrected chi connectivity index (χ1v) is 6.16. The summed E-state index contributed by atoms with van der Waals surface area (Å²) in [4.78, 5) is 16.1. The van der Waals surface area contributed by atoms with Gasteiger partial charge in [0.05, 0.1) is 5.52 Å². The van der Waals surface area contributed by atoms with Crippen LogP contribution in [0.5, 0.6) is 0 Å². The van der Waals surface area contributed by atoms with Crippen molar-refractivity contribution in [3.8, 4) is 0 Å². The maximum Gasteiger partial charge on any atom is 0.417 e. The summed E-state index contributed by atoms with van der Waals surface area (Å²) in [5.74, 6) is -0.400. The fourth-order valence-electron chi connectivity index (χ4n) is 2.49. The van der Waals surface area contributed by atoms with Crippen molar-refractivity contribution < 1.29 is 4.42 Å². The van der Waals surface area contributed by atoms with Crippen molar-refractivity contribution in [3.63, 3.8) is 0 Å². The minimum atomic E-state index is -0.400. The van der Waals surface area contributed by atoms with Gasteiger partial charge in [-0.05, 0) is 26.0 Å². The first-order chi connectivity index (χ1) is 8.53. The molecule has 1 aromatic heterocycles. The van der Waals surface area contributed by atoms with Crippen LogP contribution in [0, 0.1) is 0 Å². The number of fused-ring (bicyclic) bond motifs is 1. The monoisotopic (exact) mass is 247 g/mol. The van der Waals surface area contributed by atoms with E-state index in [-0.39, 0.29) is 5.54 Å². The van der Waals surface area contributed by atoms with Gasteiger partial charge < -0.3 is 14.6 Å². The first-order valence-electron chi connectivity index (χ1n) is 6.16. The lowest BCUT2D eigenvalue weighted by Gasteiger charge is -2.40. The second-order valence-corrected chi connectivity index (χ2v) is 5.43. The van der Waals surface area contributed by atoms with Crippen molar-refractivity contribution in [1.29, 1.82) is 0 Å². The third kappa shape index (κ3) is 2.01. The van der Waals surface area contributed by atoms with Crippen LogP contribution in [0.1, 0.15) is 13.8 Å². The van der Waals surface area contributed by atoms with Crippen LogP contribution >= 0.6 is 0 Å². The Morgan fingerprint density at radius 2 is 2.22 bits per heavy atom. The van der Waals surface area contributed by atoms with Gasteiger partial charge in [-0.3, -0.25) is 4.98 Å². The van der Waals surface area contributed by atoms with Gasteiger partial charge in [-0.2, -0.15) is 0 Å². The molecule has 0 bridgehead atoms. The molecular weight excluding hydrogens is 230 g/mol. The largest absolute Gasteiger partial charge is 0.417 e. The van der Waals surface area contributed by atoms with Crippen molar-refractivity contribution in [2.75, 3.05) is 24.5 Å². The molecule has 0 unspecified atom stereocenters. The molecule has 96 valence electrons. The van der Waals surface area contributed by atoms with Gasteiger partial charge in [-0.15, -0.1) is 0 Å². The summed E-state index contributed by atoms with van der Waals surface area (Å²) >= 11 is 0. The maximum absolute atomic E-state index is 11.1. The number of hydrogen-bond donors (Lipinski definition) is 2. The van der Waals surface area contributed by atoms with Gasteiger partial charge in [0, 0.05) is 36.9 Å². The second kappa shape index (κ2) is 3.88. The van der Waals surface area contributed by atoms with Crippen molar-refractivity contribution in [3.05, 3.63) is 28.7 Å². The topological polar surface area (TPSA) is 61.3 Å². The van der Waals surface area contributed by atoms with E-state index in [1.165, 1.54) is 0 Å². The lowest BCUT2D eigenvalue weighted by molar-refractivity contribution is 0.353. The fourth-order valence-corrected chi connectivity index (χ4v) is 2.49. The molecule has 0 aliphatic carbocycles. The van der Waals surface area contributed by atoms with Crippen molar-refractivity contribution in [2.45, 2.75) is 19.4 Å². The zero-order valence-electron chi connectivity index (χ0n) is 10.6. The number of hydrogen-bond acceptors (Lipinski definition) is 4. The van der Waals surface area contributed by atoms with E-state index < -0.39 is 5.76 Å². The second-order valence-electron chi connectivity index (χ2n) is 5.43. The summed E-state index contributed by atoms with van der Waals surface area (Å²) in [7, 11) is 0. The number of oxazole rings is 1. The van der Waals surface area contributed by atoms with Crippen LogP contribution in [0.2, 0.25) is 0 Å². The van der Waals surface area contributed by atoms with Crippen LogP contribution in [-0.2, 0) is 0 Å². The molecule has 0 radical (unpaired) electrons. The predicted molar refractivity (Wildman–Crippen MR) is 71.1 cm³/mol. The van der Waals surface area contributed by atoms with Gasteiger partial charge in [0.25, 0.3) is 0 Å².